The van der Waals surface area contributed by atoms with E-state index in [1.165, 1.54) is 0 Å². The molecule has 98 valence electrons. The molecule has 18 heavy (non-hydrogen) atoms. The Hall–Kier alpha value is -1.53. The summed E-state index contributed by atoms with van der Waals surface area (Å²) in [7, 11) is 1.65. The Balaban J connectivity index is 2.75. The highest BCUT2D eigenvalue weighted by atomic mass is 16.5. The molecular weight excluding hydrogens is 224 g/mol. The van der Waals surface area contributed by atoms with Crippen molar-refractivity contribution in [3.05, 3.63) is 29.8 Å². The van der Waals surface area contributed by atoms with E-state index in [2.05, 4.69) is 25.2 Å². The molecular formula is C15H22N2O. The molecule has 2 atom stereocenters. The lowest BCUT2D eigenvalue weighted by molar-refractivity contribution is 0.382. The molecule has 1 rings (SSSR count). The number of hydrogen-bond donors (Lipinski definition) is 1. The normalized spacial score (nSPS) is 15.5. The molecule has 0 heterocycles. The van der Waals surface area contributed by atoms with Crippen LogP contribution in [-0.4, -0.2) is 18.7 Å². The van der Waals surface area contributed by atoms with Crippen LogP contribution in [0.5, 0.6) is 5.75 Å². The van der Waals surface area contributed by atoms with Gasteiger partial charge in [0.2, 0.25) is 0 Å². The number of benzene rings is 1. The molecule has 0 aliphatic carbocycles. The number of nitrogens with one attached hydrogen (secondary N) is 1. The van der Waals surface area contributed by atoms with E-state index in [0.29, 0.717) is 12.5 Å². The molecule has 3 heteroatoms. The lowest BCUT2D eigenvalue weighted by Crippen LogP contribution is -2.47. The van der Waals surface area contributed by atoms with E-state index >= 15 is 0 Å². The van der Waals surface area contributed by atoms with Crippen LogP contribution in [0, 0.1) is 11.3 Å². The van der Waals surface area contributed by atoms with Gasteiger partial charge in [-0.3, -0.25) is 5.32 Å². The zero-order chi connectivity index (χ0) is 13.6. The second-order valence-corrected chi connectivity index (χ2v) is 4.92. The Morgan fingerprint density at radius 2 is 2.00 bits per heavy atom. The fourth-order valence-electron chi connectivity index (χ4n) is 1.92. The Labute approximate surface area is 110 Å². The third-order valence-electron chi connectivity index (χ3n) is 3.14. The lowest BCUT2D eigenvalue weighted by atomic mass is 9.93. The van der Waals surface area contributed by atoms with Crippen LogP contribution in [0.2, 0.25) is 0 Å². The number of hydrogen-bond acceptors (Lipinski definition) is 3. The van der Waals surface area contributed by atoms with Gasteiger partial charge in [0.05, 0.1) is 13.2 Å². The predicted molar refractivity (Wildman–Crippen MR) is 73.6 cm³/mol. The molecule has 1 aromatic carbocycles. The minimum Gasteiger partial charge on any atom is -0.497 e. The van der Waals surface area contributed by atoms with E-state index < -0.39 is 5.54 Å². The van der Waals surface area contributed by atoms with E-state index in [1.54, 1.807) is 7.11 Å². The summed E-state index contributed by atoms with van der Waals surface area (Å²) in [6.07, 6.45) is 1.71. The first-order valence-corrected chi connectivity index (χ1v) is 6.35. The van der Waals surface area contributed by atoms with Crippen LogP contribution >= 0.6 is 0 Å². The van der Waals surface area contributed by atoms with Crippen molar-refractivity contribution in [2.24, 2.45) is 0 Å². The van der Waals surface area contributed by atoms with Gasteiger partial charge in [0.15, 0.2) is 0 Å². The molecule has 0 bridgehead atoms. The summed E-state index contributed by atoms with van der Waals surface area (Å²) in [5.41, 5.74) is 0.611. The van der Waals surface area contributed by atoms with E-state index in [4.69, 9.17) is 4.74 Å². The fourth-order valence-corrected chi connectivity index (χ4v) is 1.92. The highest BCUT2D eigenvalue weighted by Gasteiger charge is 2.25. The first-order valence-electron chi connectivity index (χ1n) is 6.35. The molecule has 0 spiro atoms. The van der Waals surface area contributed by atoms with Crippen molar-refractivity contribution in [2.45, 2.75) is 45.2 Å². The van der Waals surface area contributed by atoms with Gasteiger partial charge in [-0.25, -0.2) is 0 Å². The van der Waals surface area contributed by atoms with Gasteiger partial charge >= 0.3 is 0 Å². The van der Waals surface area contributed by atoms with Gasteiger partial charge in [-0.05, 0) is 38.0 Å². The van der Waals surface area contributed by atoms with Gasteiger partial charge in [0, 0.05) is 12.5 Å². The summed E-state index contributed by atoms with van der Waals surface area (Å²) < 4.78 is 5.13. The third-order valence-corrected chi connectivity index (χ3v) is 3.14. The Kier molecular flexibility index (Phi) is 5.18. The SMILES string of the molecule is CCC(C)NC(C)(C#N)Cc1ccc(OC)cc1. The average molecular weight is 246 g/mol. The maximum atomic E-state index is 9.35. The summed E-state index contributed by atoms with van der Waals surface area (Å²) in [6, 6.07) is 10.6. The van der Waals surface area contributed by atoms with Crippen LogP contribution in [-0.2, 0) is 6.42 Å². The van der Waals surface area contributed by atoms with Crippen LogP contribution in [0.25, 0.3) is 0 Å². The molecule has 0 saturated heterocycles. The molecule has 0 aromatic heterocycles. The summed E-state index contributed by atoms with van der Waals surface area (Å²) in [4.78, 5) is 0. The highest BCUT2D eigenvalue weighted by Crippen LogP contribution is 2.17. The molecule has 0 aliphatic rings. The molecule has 0 saturated carbocycles. The Morgan fingerprint density at radius 1 is 1.39 bits per heavy atom. The molecule has 3 nitrogen and oxygen atoms in total. The smallest absolute Gasteiger partial charge is 0.118 e. The number of rotatable bonds is 6. The monoisotopic (exact) mass is 246 g/mol. The molecule has 2 unspecified atom stereocenters. The molecule has 1 N–H and O–H groups in total. The minimum atomic E-state index is -0.524. The van der Waals surface area contributed by atoms with E-state index in [9.17, 15) is 5.26 Å². The molecule has 0 radical (unpaired) electrons. The highest BCUT2D eigenvalue weighted by molar-refractivity contribution is 5.29. The minimum absolute atomic E-state index is 0.341. The molecule has 0 amide bonds. The van der Waals surface area contributed by atoms with Crippen molar-refractivity contribution in [1.29, 1.82) is 5.26 Å². The topological polar surface area (TPSA) is 45.0 Å². The van der Waals surface area contributed by atoms with Crippen LogP contribution < -0.4 is 10.1 Å². The van der Waals surface area contributed by atoms with E-state index in [-0.39, 0.29) is 0 Å². The summed E-state index contributed by atoms with van der Waals surface area (Å²) >= 11 is 0. The molecule has 1 aromatic rings. The average Bonchev–Trinajstić information content (AvgIpc) is 2.39. The van der Waals surface area contributed by atoms with Gasteiger partial charge in [-0.2, -0.15) is 5.26 Å². The second-order valence-electron chi connectivity index (χ2n) is 4.92. The quantitative estimate of drug-likeness (QED) is 0.839. The Morgan fingerprint density at radius 3 is 2.44 bits per heavy atom. The van der Waals surface area contributed by atoms with Gasteiger partial charge in [0.25, 0.3) is 0 Å². The van der Waals surface area contributed by atoms with Gasteiger partial charge in [0.1, 0.15) is 11.3 Å². The largest absolute Gasteiger partial charge is 0.497 e. The number of nitrogens with zero attached hydrogens (tertiary/aromatic N) is 1. The van der Waals surface area contributed by atoms with Crippen molar-refractivity contribution >= 4 is 0 Å². The number of methoxy groups -OCH3 is 1. The van der Waals surface area contributed by atoms with Gasteiger partial charge in [-0.15, -0.1) is 0 Å². The first-order chi connectivity index (χ1) is 8.53. The van der Waals surface area contributed by atoms with Gasteiger partial charge < -0.3 is 4.74 Å². The standard InChI is InChI=1S/C15H22N2O/c1-5-12(2)17-15(3,11-16)10-13-6-8-14(18-4)9-7-13/h6-9,12,17H,5,10H2,1-4H3. The zero-order valence-corrected chi connectivity index (χ0v) is 11.7. The maximum absolute atomic E-state index is 9.35. The second kappa shape index (κ2) is 6.42. The first kappa shape index (κ1) is 14.5. The van der Waals surface area contributed by atoms with Crippen molar-refractivity contribution in [2.75, 3.05) is 7.11 Å². The van der Waals surface area contributed by atoms with Crippen molar-refractivity contribution in [3.8, 4) is 11.8 Å². The Bertz CT molecular complexity index is 407. The molecule has 0 aliphatic heterocycles. The van der Waals surface area contributed by atoms with E-state index in [0.717, 1.165) is 17.7 Å². The van der Waals surface area contributed by atoms with Crippen LogP contribution in [0.15, 0.2) is 24.3 Å². The zero-order valence-electron chi connectivity index (χ0n) is 11.7. The number of nitriles is 1. The van der Waals surface area contributed by atoms with Crippen molar-refractivity contribution in [3.63, 3.8) is 0 Å². The summed E-state index contributed by atoms with van der Waals surface area (Å²) in [6.45, 7) is 6.16. The van der Waals surface area contributed by atoms with Crippen LogP contribution in [0.4, 0.5) is 0 Å². The fraction of sp³-hybridized carbons (Fsp3) is 0.533. The van der Waals surface area contributed by atoms with Crippen molar-refractivity contribution < 1.29 is 4.74 Å². The third kappa shape index (κ3) is 4.05. The molecule has 0 fully saturated rings. The summed E-state index contributed by atoms with van der Waals surface area (Å²) in [5.74, 6) is 0.840. The van der Waals surface area contributed by atoms with Gasteiger partial charge in [-0.1, -0.05) is 19.1 Å². The predicted octanol–water partition coefficient (Wildman–Crippen LogP) is 2.91. The summed E-state index contributed by atoms with van der Waals surface area (Å²) in [5, 5.41) is 12.7. The van der Waals surface area contributed by atoms with Crippen LogP contribution in [0.1, 0.15) is 32.8 Å². The van der Waals surface area contributed by atoms with Crippen molar-refractivity contribution in [1.82, 2.24) is 5.32 Å². The number of ether oxygens (including phenoxy) is 1. The van der Waals surface area contributed by atoms with Crippen LogP contribution in [0.3, 0.4) is 0 Å². The maximum Gasteiger partial charge on any atom is 0.118 e. The van der Waals surface area contributed by atoms with E-state index in [1.807, 2.05) is 31.2 Å². The lowest BCUT2D eigenvalue weighted by Gasteiger charge is -2.27.